The number of carbonyl (C=O) groups is 2. The van der Waals surface area contributed by atoms with Gasteiger partial charge in [0.25, 0.3) is 5.91 Å². The molecular formula is C20H27N3O3. The van der Waals surface area contributed by atoms with Crippen LogP contribution in [0, 0.1) is 5.92 Å². The molecule has 3 aliphatic rings. The fourth-order valence-corrected chi connectivity index (χ4v) is 4.65. The van der Waals surface area contributed by atoms with Crippen molar-refractivity contribution >= 4 is 12.0 Å². The molecule has 2 aliphatic heterocycles. The summed E-state index contributed by atoms with van der Waals surface area (Å²) < 4.78 is 5.65. The van der Waals surface area contributed by atoms with Gasteiger partial charge < -0.3 is 19.9 Å². The number of likely N-dealkylation sites (tertiary alicyclic amines) is 2. The third-order valence-electron chi connectivity index (χ3n) is 5.94. The third-order valence-corrected chi connectivity index (χ3v) is 5.94. The Kier molecular flexibility index (Phi) is 4.85. The molecule has 0 spiro atoms. The summed E-state index contributed by atoms with van der Waals surface area (Å²) in [6.07, 6.45) is 3.19. The standard InChI is InChI=1S/C20H27N3O3/c1-22-12-16-17(13-22)23(11-14-7-3-2-4-8-14)19(24)18(16)26-20(25)21-15-9-5-6-10-15/h2-4,7-8,15-18H,5-6,9-13H2,1H3,(H,21,25)/t16-,17+,18-/m0/s1. The first-order valence-electron chi connectivity index (χ1n) is 9.62. The van der Waals surface area contributed by atoms with E-state index < -0.39 is 12.2 Å². The van der Waals surface area contributed by atoms with Crippen LogP contribution >= 0.6 is 0 Å². The maximum absolute atomic E-state index is 13.0. The van der Waals surface area contributed by atoms with Crippen molar-refractivity contribution in [2.45, 2.75) is 50.4 Å². The minimum absolute atomic E-state index is 0.0468. The lowest BCUT2D eigenvalue weighted by Crippen LogP contribution is -2.41. The second kappa shape index (κ2) is 7.27. The van der Waals surface area contributed by atoms with Gasteiger partial charge in [-0.1, -0.05) is 43.2 Å². The van der Waals surface area contributed by atoms with Gasteiger partial charge >= 0.3 is 6.09 Å². The van der Waals surface area contributed by atoms with E-state index in [4.69, 9.17) is 4.74 Å². The summed E-state index contributed by atoms with van der Waals surface area (Å²) in [5, 5.41) is 2.94. The number of hydrogen-bond donors (Lipinski definition) is 1. The Balaban J connectivity index is 1.45. The normalized spacial score (nSPS) is 29.2. The van der Waals surface area contributed by atoms with Crippen LogP contribution in [0.1, 0.15) is 31.2 Å². The molecule has 0 aromatic heterocycles. The molecule has 2 saturated heterocycles. The molecule has 1 aromatic carbocycles. The molecule has 0 bridgehead atoms. The number of nitrogens with zero attached hydrogens (tertiary/aromatic N) is 2. The summed E-state index contributed by atoms with van der Waals surface area (Å²) in [6.45, 7) is 2.18. The third kappa shape index (κ3) is 3.43. The second-order valence-corrected chi connectivity index (χ2v) is 7.86. The van der Waals surface area contributed by atoms with Gasteiger partial charge in [-0.2, -0.15) is 0 Å². The molecule has 1 aromatic rings. The average Bonchev–Trinajstić information content (AvgIpc) is 3.31. The zero-order valence-corrected chi connectivity index (χ0v) is 15.3. The van der Waals surface area contributed by atoms with Gasteiger partial charge in [0.2, 0.25) is 0 Å². The molecule has 1 N–H and O–H groups in total. The minimum Gasteiger partial charge on any atom is -0.436 e. The summed E-state index contributed by atoms with van der Waals surface area (Å²) in [4.78, 5) is 29.4. The molecule has 2 heterocycles. The highest BCUT2D eigenvalue weighted by Gasteiger charge is 2.53. The Morgan fingerprint density at radius 3 is 2.65 bits per heavy atom. The lowest BCUT2D eigenvalue weighted by molar-refractivity contribution is -0.137. The van der Waals surface area contributed by atoms with Crippen LogP contribution < -0.4 is 5.32 Å². The fraction of sp³-hybridized carbons (Fsp3) is 0.600. The molecule has 6 heteroatoms. The van der Waals surface area contributed by atoms with E-state index in [2.05, 4.69) is 17.3 Å². The summed E-state index contributed by atoms with van der Waals surface area (Å²) in [5.41, 5.74) is 1.10. The lowest BCUT2D eigenvalue weighted by atomic mass is 10.0. The molecule has 3 fully saturated rings. The number of carbonyl (C=O) groups excluding carboxylic acids is 2. The number of fused-ring (bicyclic) bond motifs is 1. The Bertz CT molecular complexity index is 660. The van der Waals surface area contributed by atoms with Crippen LogP contribution in [0.15, 0.2) is 30.3 Å². The summed E-state index contributed by atoms with van der Waals surface area (Å²) in [6, 6.07) is 10.3. The number of benzene rings is 1. The van der Waals surface area contributed by atoms with Gasteiger partial charge in [-0.3, -0.25) is 4.79 Å². The van der Waals surface area contributed by atoms with Crippen LogP contribution in [0.3, 0.4) is 0 Å². The van der Waals surface area contributed by atoms with E-state index in [1.807, 2.05) is 35.2 Å². The molecule has 6 nitrogen and oxygen atoms in total. The molecule has 3 atom stereocenters. The molecule has 0 radical (unpaired) electrons. The van der Waals surface area contributed by atoms with Crippen molar-refractivity contribution in [1.82, 2.24) is 15.1 Å². The van der Waals surface area contributed by atoms with Crippen molar-refractivity contribution in [2.75, 3.05) is 20.1 Å². The minimum atomic E-state index is -0.671. The van der Waals surface area contributed by atoms with E-state index >= 15 is 0 Å². The van der Waals surface area contributed by atoms with Crippen molar-refractivity contribution in [3.63, 3.8) is 0 Å². The van der Waals surface area contributed by atoms with E-state index in [0.29, 0.717) is 6.54 Å². The number of likely N-dealkylation sites (N-methyl/N-ethyl adjacent to an activating group) is 1. The number of nitrogens with one attached hydrogen (secondary N) is 1. The smallest absolute Gasteiger partial charge is 0.408 e. The van der Waals surface area contributed by atoms with Crippen molar-refractivity contribution < 1.29 is 14.3 Å². The van der Waals surface area contributed by atoms with E-state index in [1.165, 1.54) is 0 Å². The highest BCUT2D eigenvalue weighted by atomic mass is 16.6. The van der Waals surface area contributed by atoms with Gasteiger partial charge in [0.15, 0.2) is 6.10 Å². The van der Waals surface area contributed by atoms with E-state index in [9.17, 15) is 9.59 Å². The predicted molar refractivity (Wildman–Crippen MR) is 97.4 cm³/mol. The van der Waals surface area contributed by atoms with Crippen molar-refractivity contribution in [1.29, 1.82) is 0 Å². The molecule has 2 amide bonds. The van der Waals surface area contributed by atoms with E-state index in [0.717, 1.165) is 44.3 Å². The van der Waals surface area contributed by atoms with Crippen LogP contribution in [0.25, 0.3) is 0 Å². The Hall–Kier alpha value is -2.08. The van der Waals surface area contributed by atoms with Crippen LogP contribution in [0.2, 0.25) is 0 Å². The van der Waals surface area contributed by atoms with Crippen molar-refractivity contribution in [3.05, 3.63) is 35.9 Å². The first-order chi connectivity index (χ1) is 12.6. The summed E-state index contributed by atoms with van der Waals surface area (Å²) in [7, 11) is 2.05. The van der Waals surface area contributed by atoms with Crippen molar-refractivity contribution in [2.24, 2.45) is 5.92 Å². The summed E-state index contributed by atoms with van der Waals surface area (Å²) >= 11 is 0. The van der Waals surface area contributed by atoms with Gasteiger partial charge in [-0.05, 0) is 25.5 Å². The van der Waals surface area contributed by atoms with Crippen LogP contribution in [0.4, 0.5) is 4.79 Å². The van der Waals surface area contributed by atoms with Gasteiger partial charge in [-0.15, -0.1) is 0 Å². The Morgan fingerprint density at radius 1 is 1.19 bits per heavy atom. The maximum atomic E-state index is 13.0. The van der Waals surface area contributed by atoms with Crippen molar-refractivity contribution in [3.8, 4) is 0 Å². The van der Waals surface area contributed by atoms with Crippen LogP contribution in [-0.4, -0.2) is 60.1 Å². The molecule has 1 saturated carbocycles. The zero-order chi connectivity index (χ0) is 18.1. The predicted octanol–water partition coefficient (Wildman–Crippen LogP) is 2.00. The molecule has 4 rings (SSSR count). The van der Waals surface area contributed by atoms with Gasteiger partial charge in [0.1, 0.15) is 0 Å². The van der Waals surface area contributed by atoms with Gasteiger partial charge in [0, 0.05) is 31.6 Å². The maximum Gasteiger partial charge on any atom is 0.408 e. The second-order valence-electron chi connectivity index (χ2n) is 7.86. The molecule has 1 aliphatic carbocycles. The molecule has 0 unspecified atom stereocenters. The highest BCUT2D eigenvalue weighted by Crippen LogP contribution is 2.35. The highest BCUT2D eigenvalue weighted by molar-refractivity contribution is 5.87. The monoisotopic (exact) mass is 357 g/mol. The fourth-order valence-electron chi connectivity index (χ4n) is 4.65. The molecule has 26 heavy (non-hydrogen) atoms. The number of alkyl carbamates (subject to hydrolysis) is 1. The molecular weight excluding hydrogens is 330 g/mol. The number of hydrogen-bond acceptors (Lipinski definition) is 4. The first-order valence-corrected chi connectivity index (χ1v) is 9.62. The Morgan fingerprint density at radius 2 is 1.92 bits per heavy atom. The molecule has 140 valence electrons. The van der Waals surface area contributed by atoms with Crippen LogP contribution in [-0.2, 0) is 16.1 Å². The largest absolute Gasteiger partial charge is 0.436 e. The van der Waals surface area contributed by atoms with Gasteiger partial charge in [-0.25, -0.2) is 4.79 Å². The zero-order valence-electron chi connectivity index (χ0n) is 15.3. The van der Waals surface area contributed by atoms with Crippen LogP contribution in [0.5, 0.6) is 0 Å². The Labute approximate surface area is 154 Å². The number of ether oxygens (including phenoxy) is 1. The average molecular weight is 357 g/mol. The SMILES string of the molecule is CN1C[C@@H]2[C@H](OC(=O)NC3CCCC3)C(=O)N(Cc3ccccc3)[C@@H]2C1. The van der Waals surface area contributed by atoms with E-state index in [1.54, 1.807) is 0 Å². The van der Waals surface area contributed by atoms with Gasteiger partial charge in [0.05, 0.1) is 6.04 Å². The lowest BCUT2D eigenvalue weighted by Gasteiger charge is -2.24. The summed E-state index contributed by atoms with van der Waals surface area (Å²) in [5.74, 6) is -0.0101. The van der Waals surface area contributed by atoms with E-state index in [-0.39, 0.29) is 23.9 Å². The quantitative estimate of drug-likeness (QED) is 0.895. The first kappa shape index (κ1) is 17.3. The number of amides is 2. The topological polar surface area (TPSA) is 61.9 Å². The number of rotatable bonds is 4.